The summed E-state index contributed by atoms with van der Waals surface area (Å²) in [5.74, 6) is 0.719. The van der Waals surface area contributed by atoms with Gasteiger partial charge in [0.1, 0.15) is 5.75 Å². The molecule has 1 heterocycles. The monoisotopic (exact) mass is 295 g/mol. The summed E-state index contributed by atoms with van der Waals surface area (Å²) in [5, 5.41) is 6.27. The Bertz CT molecular complexity index is 539. The third-order valence-electron chi connectivity index (χ3n) is 3.05. The number of nitrogens with one attached hydrogen (secondary N) is 1. The van der Waals surface area contributed by atoms with Crippen molar-refractivity contribution in [2.45, 2.75) is 26.4 Å². The lowest BCUT2D eigenvalue weighted by molar-refractivity contribution is 0.415. The van der Waals surface area contributed by atoms with Crippen LogP contribution in [-0.4, -0.2) is 7.11 Å². The van der Waals surface area contributed by atoms with E-state index in [1.165, 1.54) is 16.0 Å². The molecule has 0 fully saturated rings. The summed E-state index contributed by atoms with van der Waals surface area (Å²) in [6.07, 6.45) is 1.09. The minimum atomic E-state index is 0.659. The van der Waals surface area contributed by atoms with Gasteiger partial charge in [0, 0.05) is 18.0 Å². The Hall–Kier alpha value is -1.03. The Morgan fingerprint density at radius 2 is 2.11 bits per heavy atom. The van der Waals surface area contributed by atoms with E-state index in [9.17, 15) is 0 Å². The van der Waals surface area contributed by atoms with Crippen molar-refractivity contribution in [3.05, 3.63) is 50.7 Å². The molecular formula is C15H18ClNOS. The lowest BCUT2D eigenvalue weighted by atomic mass is 10.2. The van der Waals surface area contributed by atoms with Crippen LogP contribution in [0.3, 0.4) is 0 Å². The van der Waals surface area contributed by atoms with Gasteiger partial charge < -0.3 is 10.1 Å². The third kappa shape index (κ3) is 3.72. The van der Waals surface area contributed by atoms with E-state index in [2.05, 4.69) is 23.7 Å². The molecule has 0 amide bonds. The topological polar surface area (TPSA) is 21.3 Å². The van der Waals surface area contributed by atoms with E-state index < -0.39 is 0 Å². The summed E-state index contributed by atoms with van der Waals surface area (Å²) < 4.78 is 5.14. The zero-order chi connectivity index (χ0) is 13.7. The van der Waals surface area contributed by atoms with Gasteiger partial charge in [0.25, 0.3) is 0 Å². The van der Waals surface area contributed by atoms with Gasteiger partial charge in [-0.15, -0.1) is 11.3 Å². The van der Waals surface area contributed by atoms with Crippen LogP contribution in [0, 0.1) is 0 Å². The van der Waals surface area contributed by atoms with Crippen LogP contribution in [0.1, 0.15) is 22.9 Å². The lowest BCUT2D eigenvalue weighted by Gasteiger charge is -2.08. The third-order valence-corrected chi connectivity index (χ3v) is 4.31. The van der Waals surface area contributed by atoms with Crippen molar-refractivity contribution in [1.29, 1.82) is 0 Å². The summed E-state index contributed by atoms with van der Waals surface area (Å²) in [6.45, 7) is 3.91. The van der Waals surface area contributed by atoms with Crippen LogP contribution in [0.4, 0.5) is 0 Å². The highest BCUT2D eigenvalue weighted by atomic mass is 35.5. The Kier molecular flexibility index (Phi) is 5.25. The maximum absolute atomic E-state index is 6.10. The molecule has 0 spiro atoms. The van der Waals surface area contributed by atoms with Crippen molar-refractivity contribution in [3.8, 4) is 5.75 Å². The predicted octanol–water partition coefficient (Wildman–Crippen LogP) is 4.26. The van der Waals surface area contributed by atoms with Crippen molar-refractivity contribution in [3.63, 3.8) is 0 Å². The van der Waals surface area contributed by atoms with Crippen LogP contribution in [0.15, 0.2) is 29.6 Å². The second kappa shape index (κ2) is 6.94. The number of benzene rings is 1. The molecule has 0 unspecified atom stereocenters. The van der Waals surface area contributed by atoms with E-state index in [1.807, 2.05) is 29.5 Å². The first-order valence-corrected chi connectivity index (χ1v) is 7.58. The molecule has 2 nitrogen and oxygen atoms in total. The van der Waals surface area contributed by atoms with Gasteiger partial charge in [-0.25, -0.2) is 0 Å². The predicted molar refractivity (Wildman–Crippen MR) is 82.2 cm³/mol. The average molecular weight is 296 g/mol. The molecule has 1 N–H and O–H groups in total. The van der Waals surface area contributed by atoms with E-state index in [-0.39, 0.29) is 0 Å². The van der Waals surface area contributed by atoms with Gasteiger partial charge >= 0.3 is 0 Å². The molecule has 1 aromatic carbocycles. The van der Waals surface area contributed by atoms with Crippen molar-refractivity contribution in [2.75, 3.05) is 7.11 Å². The normalized spacial score (nSPS) is 10.7. The maximum atomic E-state index is 6.10. The van der Waals surface area contributed by atoms with Gasteiger partial charge in [-0.05, 0) is 41.1 Å². The first-order chi connectivity index (χ1) is 9.24. The average Bonchev–Trinajstić information content (AvgIpc) is 2.86. The quantitative estimate of drug-likeness (QED) is 0.859. The summed E-state index contributed by atoms with van der Waals surface area (Å²) >= 11 is 7.91. The van der Waals surface area contributed by atoms with Crippen molar-refractivity contribution in [1.82, 2.24) is 5.32 Å². The molecule has 0 aliphatic heterocycles. The van der Waals surface area contributed by atoms with E-state index in [1.54, 1.807) is 7.11 Å². The SMILES string of the molecule is CCc1ccsc1CNCc1ccc(OC)c(Cl)c1. The van der Waals surface area contributed by atoms with Gasteiger partial charge in [-0.3, -0.25) is 0 Å². The highest BCUT2D eigenvalue weighted by Crippen LogP contribution is 2.25. The molecule has 2 aromatic rings. The van der Waals surface area contributed by atoms with Crippen LogP contribution in [0.2, 0.25) is 5.02 Å². The largest absolute Gasteiger partial charge is 0.495 e. The Morgan fingerprint density at radius 1 is 1.26 bits per heavy atom. The van der Waals surface area contributed by atoms with E-state index >= 15 is 0 Å². The zero-order valence-electron chi connectivity index (χ0n) is 11.2. The Labute approximate surface area is 123 Å². The minimum absolute atomic E-state index is 0.659. The van der Waals surface area contributed by atoms with Crippen LogP contribution in [0.25, 0.3) is 0 Å². The molecule has 19 heavy (non-hydrogen) atoms. The molecule has 0 atom stereocenters. The second-order valence-electron chi connectivity index (χ2n) is 4.30. The molecule has 0 saturated heterocycles. The number of rotatable bonds is 6. The molecule has 102 valence electrons. The fourth-order valence-electron chi connectivity index (χ4n) is 1.98. The smallest absolute Gasteiger partial charge is 0.137 e. The number of methoxy groups -OCH3 is 1. The van der Waals surface area contributed by atoms with Gasteiger partial charge in [0.2, 0.25) is 0 Å². The Morgan fingerprint density at radius 3 is 2.79 bits per heavy atom. The van der Waals surface area contributed by atoms with Gasteiger partial charge in [-0.1, -0.05) is 24.6 Å². The highest BCUT2D eigenvalue weighted by molar-refractivity contribution is 7.10. The molecule has 1 aromatic heterocycles. The summed E-state index contributed by atoms with van der Waals surface area (Å²) in [4.78, 5) is 1.42. The molecule has 2 rings (SSSR count). The molecule has 0 aliphatic rings. The zero-order valence-corrected chi connectivity index (χ0v) is 12.8. The van der Waals surface area contributed by atoms with Gasteiger partial charge in [-0.2, -0.15) is 0 Å². The Balaban J connectivity index is 1.91. The van der Waals surface area contributed by atoms with Gasteiger partial charge in [0.05, 0.1) is 12.1 Å². The summed E-state index contributed by atoms with van der Waals surface area (Å²) in [5.41, 5.74) is 2.60. The van der Waals surface area contributed by atoms with Crippen molar-refractivity contribution < 1.29 is 4.74 Å². The fourth-order valence-corrected chi connectivity index (χ4v) is 3.20. The number of halogens is 1. The fraction of sp³-hybridized carbons (Fsp3) is 0.333. The highest BCUT2D eigenvalue weighted by Gasteiger charge is 2.04. The van der Waals surface area contributed by atoms with Crippen LogP contribution < -0.4 is 10.1 Å². The number of hydrogen-bond acceptors (Lipinski definition) is 3. The lowest BCUT2D eigenvalue weighted by Crippen LogP contribution is -2.12. The van der Waals surface area contributed by atoms with E-state index in [4.69, 9.17) is 16.3 Å². The molecule has 0 bridgehead atoms. The minimum Gasteiger partial charge on any atom is -0.495 e. The number of thiophene rings is 1. The molecule has 0 radical (unpaired) electrons. The molecule has 0 aliphatic carbocycles. The summed E-state index contributed by atoms with van der Waals surface area (Å²) in [7, 11) is 1.63. The standard InChI is InChI=1S/C15H18ClNOS/c1-3-12-6-7-19-15(12)10-17-9-11-4-5-14(18-2)13(16)8-11/h4-8,17H,3,9-10H2,1-2H3. The van der Waals surface area contributed by atoms with Crippen molar-refractivity contribution >= 4 is 22.9 Å². The van der Waals surface area contributed by atoms with E-state index in [0.717, 1.165) is 25.3 Å². The molecule has 4 heteroatoms. The van der Waals surface area contributed by atoms with Gasteiger partial charge in [0.15, 0.2) is 0 Å². The van der Waals surface area contributed by atoms with Crippen molar-refractivity contribution in [2.24, 2.45) is 0 Å². The molecular weight excluding hydrogens is 278 g/mol. The number of ether oxygens (including phenoxy) is 1. The second-order valence-corrected chi connectivity index (χ2v) is 5.70. The van der Waals surface area contributed by atoms with Crippen LogP contribution in [-0.2, 0) is 19.5 Å². The first kappa shape index (κ1) is 14.4. The molecule has 0 saturated carbocycles. The number of hydrogen-bond donors (Lipinski definition) is 1. The maximum Gasteiger partial charge on any atom is 0.137 e. The van der Waals surface area contributed by atoms with Crippen LogP contribution >= 0.6 is 22.9 Å². The van der Waals surface area contributed by atoms with Crippen LogP contribution in [0.5, 0.6) is 5.75 Å². The summed E-state index contributed by atoms with van der Waals surface area (Å²) in [6, 6.07) is 8.09. The van der Waals surface area contributed by atoms with E-state index in [0.29, 0.717) is 5.02 Å². The number of aryl methyl sites for hydroxylation is 1. The first-order valence-electron chi connectivity index (χ1n) is 6.33.